The molecule has 0 N–H and O–H groups in total. The van der Waals surface area contributed by atoms with Gasteiger partial charge >= 0.3 is 5.97 Å². The number of hydrogen-bond acceptors (Lipinski definition) is 5. The molecule has 0 saturated carbocycles. The Balaban J connectivity index is 1.67. The van der Waals surface area contributed by atoms with Crippen molar-refractivity contribution in [2.45, 2.75) is 0 Å². The number of benzene rings is 3. The van der Waals surface area contributed by atoms with Crippen molar-refractivity contribution in [1.82, 2.24) is 0 Å². The second kappa shape index (κ2) is 5.77. The maximum absolute atomic E-state index is 12.6. The number of carbonyl (C=O) groups excluding carboxylic acids is 1. The van der Waals surface area contributed by atoms with Gasteiger partial charge in [0.2, 0.25) is 6.79 Å². The van der Waals surface area contributed by atoms with Crippen LogP contribution in [0.2, 0.25) is 0 Å². The predicted molar refractivity (Wildman–Crippen MR) is 88.0 cm³/mol. The van der Waals surface area contributed by atoms with Crippen molar-refractivity contribution in [3.8, 4) is 23.0 Å². The van der Waals surface area contributed by atoms with Gasteiger partial charge in [0.05, 0.1) is 7.11 Å². The van der Waals surface area contributed by atoms with Crippen LogP contribution in [0.5, 0.6) is 23.0 Å². The van der Waals surface area contributed by atoms with Gasteiger partial charge in [0.25, 0.3) is 0 Å². The molecule has 1 aliphatic rings. The van der Waals surface area contributed by atoms with E-state index in [9.17, 15) is 4.79 Å². The van der Waals surface area contributed by atoms with E-state index in [0.29, 0.717) is 28.6 Å². The summed E-state index contributed by atoms with van der Waals surface area (Å²) in [4.78, 5) is 12.6. The van der Waals surface area contributed by atoms with E-state index in [4.69, 9.17) is 18.9 Å². The number of fused-ring (bicyclic) bond motifs is 2. The lowest BCUT2D eigenvalue weighted by Crippen LogP contribution is -2.10. The second-order valence-electron chi connectivity index (χ2n) is 5.30. The Morgan fingerprint density at radius 2 is 1.71 bits per heavy atom. The average Bonchev–Trinajstić information content (AvgIpc) is 3.08. The maximum atomic E-state index is 12.6. The minimum absolute atomic E-state index is 0.172. The van der Waals surface area contributed by atoms with Gasteiger partial charge in [-0.1, -0.05) is 24.3 Å². The van der Waals surface area contributed by atoms with Crippen LogP contribution in [0.15, 0.2) is 54.6 Å². The lowest BCUT2D eigenvalue weighted by atomic mass is 10.1. The highest BCUT2D eigenvalue weighted by atomic mass is 16.7. The molecular formula is C19H14O5. The van der Waals surface area contributed by atoms with Gasteiger partial charge in [-0.05, 0) is 35.0 Å². The van der Waals surface area contributed by atoms with Gasteiger partial charge in [-0.3, -0.25) is 0 Å². The van der Waals surface area contributed by atoms with E-state index in [2.05, 4.69) is 0 Å². The van der Waals surface area contributed by atoms with Crippen molar-refractivity contribution in [3.63, 3.8) is 0 Å². The molecule has 3 aromatic carbocycles. The van der Waals surface area contributed by atoms with E-state index in [-0.39, 0.29) is 6.79 Å². The minimum atomic E-state index is -0.489. The molecule has 3 aromatic rings. The molecule has 0 bridgehead atoms. The Bertz CT molecular complexity index is 932. The quantitative estimate of drug-likeness (QED) is 0.542. The SMILES string of the molecule is COc1cc2ccccc2cc1C(=O)Oc1ccc2c(c1)OCO2. The summed E-state index contributed by atoms with van der Waals surface area (Å²) in [6, 6.07) is 16.4. The molecule has 120 valence electrons. The number of carbonyl (C=O) groups is 1. The molecule has 1 aliphatic heterocycles. The molecule has 4 rings (SSSR count). The van der Waals surface area contributed by atoms with Gasteiger partial charge < -0.3 is 18.9 Å². The Morgan fingerprint density at radius 1 is 0.958 bits per heavy atom. The fraction of sp³-hybridized carbons (Fsp3) is 0.105. The molecule has 0 amide bonds. The Kier molecular flexibility index (Phi) is 3.46. The standard InChI is InChI=1S/C19H14O5/c1-21-17-9-13-5-3-2-4-12(13)8-15(17)19(20)24-14-6-7-16-18(10-14)23-11-22-16/h2-10H,11H2,1H3. The maximum Gasteiger partial charge on any atom is 0.347 e. The molecule has 0 atom stereocenters. The lowest BCUT2D eigenvalue weighted by molar-refractivity contribution is 0.0731. The molecule has 0 radical (unpaired) electrons. The molecular weight excluding hydrogens is 308 g/mol. The van der Waals surface area contributed by atoms with Crippen LogP contribution in [0, 0.1) is 0 Å². The number of ether oxygens (including phenoxy) is 4. The van der Waals surface area contributed by atoms with Gasteiger partial charge in [0.15, 0.2) is 11.5 Å². The molecule has 0 unspecified atom stereocenters. The average molecular weight is 322 g/mol. The van der Waals surface area contributed by atoms with Gasteiger partial charge in [-0.2, -0.15) is 0 Å². The molecule has 0 fully saturated rings. The molecule has 1 heterocycles. The van der Waals surface area contributed by atoms with Crippen LogP contribution >= 0.6 is 0 Å². The number of esters is 1. The van der Waals surface area contributed by atoms with Crippen molar-refractivity contribution in [2.75, 3.05) is 13.9 Å². The van der Waals surface area contributed by atoms with E-state index in [0.717, 1.165) is 10.8 Å². The zero-order chi connectivity index (χ0) is 16.5. The summed E-state index contributed by atoms with van der Waals surface area (Å²) < 4.78 is 21.3. The van der Waals surface area contributed by atoms with Gasteiger partial charge in [-0.25, -0.2) is 4.79 Å². The summed E-state index contributed by atoms with van der Waals surface area (Å²) in [6.07, 6.45) is 0. The fourth-order valence-electron chi connectivity index (χ4n) is 2.65. The van der Waals surface area contributed by atoms with Crippen molar-refractivity contribution >= 4 is 16.7 Å². The minimum Gasteiger partial charge on any atom is -0.496 e. The van der Waals surface area contributed by atoms with Crippen LogP contribution in [0.4, 0.5) is 0 Å². The number of hydrogen-bond donors (Lipinski definition) is 0. The lowest BCUT2D eigenvalue weighted by Gasteiger charge is -2.10. The fourth-order valence-corrected chi connectivity index (χ4v) is 2.65. The Hall–Kier alpha value is -3.21. The molecule has 0 aliphatic carbocycles. The first-order chi connectivity index (χ1) is 11.7. The summed E-state index contributed by atoms with van der Waals surface area (Å²) in [7, 11) is 1.53. The van der Waals surface area contributed by atoms with Gasteiger partial charge in [-0.15, -0.1) is 0 Å². The van der Waals surface area contributed by atoms with Crippen LogP contribution < -0.4 is 18.9 Å². The number of methoxy groups -OCH3 is 1. The predicted octanol–water partition coefficient (Wildman–Crippen LogP) is 3.80. The summed E-state index contributed by atoms with van der Waals surface area (Å²) >= 11 is 0. The van der Waals surface area contributed by atoms with Gasteiger partial charge in [0.1, 0.15) is 17.1 Å². The van der Waals surface area contributed by atoms with E-state index < -0.39 is 5.97 Å². The summed E-state index contributed by atoms with van der Waals surface area (Å²) in [5, 5.41) is 1.94. The topological polar surface area (TPSA) is 54.0 Å². The zero-order valence-corrected chi connectivity index (χ0v) is 12.9. The van der Waals surface area contributed by atoms with Crippen LogP contribution in [0.3, 0.4) is 0 Å². The second-order valence-corrected chi connectivity index (χ2v) is 5.30. The molecule has 0 saturated heterocycles. The third kappa shape index (κ3) is 2.50. The van der Waals surface area contributed by atoms with Crippen molar-refractivity contribution < 1.29 is 23.7 Å². The van der Waals surface area contributed by atoms with Gasteiger partial charge in [0, 0.05) is 6.07 Å². The first-order valence-corrected chi connectivity index (χ1v) is 7.43. The highest BCUT2D eigenvalue weighted by Crippen LogP contribution is 2.35. The highest BCUT2D eigenvalue weighted by molar-refractivity contribution is 5.99. The van der Waals surface area contributed by atoms with E-state index in [1.165, 1.54) is 7.11 Å². The normalized spacial score (nSPS) is 12.2. The summed E-state index contributed by atoms with van der Waals surface area (Å²) in [5.41, 5.74) is 0.369. The highest BCUT2D eigenvalue weighted by Gasteiger charge is 2.19. The Morgan fingerprint density at radius 3 is 2.50 bits per heavy atom. The largest absolute Gasteiger partial charge is 0.496 e. The first kappa shape index (κ1) is 14.4. The molecule has 24 heavy (non-hydrogen) atoms. The van der Waals surface area contributed by atoms with Crippen LogP contribution in [-0.2, 0) is 0 Å². The van der Waals surface area contributed by atoms with Crippen LogP contribution in [0.25, 0.3) is 10.8 Å². The third-order valence-corrected chi connectivity index (χ3v) is 3.84. The smallest absolute Gasteiger partial charge is 0.347 e. The van der Waals surface area contributed by atoms with E-state index >= 15 is 0 Å². The van der Waals surface area contributed by atoms with E-state index in [1.807, 2.05) is 30.3 Å². The first-order valence-electron chi connectivity index (χ1n) is 7.43. The van der Waals surface area contributed by atoms with Crippen LogP contribution in [-0.4, -0.2) is 19.9 Å². The van der Waals surface area contributed by atoms with Crippen molar-refractivity contribution in [2.24, 2.45) is 0 Å². The molecule has 0 aromatic heterocycles. The zero-order valence-electron chi connectivity index (χ0n) is 12.9. The van der Waals surface area contributed by atoms with Crippen molar-refractivity contribution in [3.05, 3.63) is 60.2 Å². The molecule has 5 nitrogen and oxygen atoms in total. The van der Waals surface area contributed by atoms with Crippen molar-refractivity contribution in [1.29, 1.82) is 0 Å². The number of rotatable bonds is 3. The third-order valence-electron chi connectivity index (χ3n) is 3.84. The Labute approximate surface area is 138 Å². The summed E-state index contributed by atoms with van der Waals surface area (Å²) in [6.45, 7) is 0.172. The molecule has 0 spiro atoms. The van der Waals surface area contributed by atoms with Crippen LogP contribution in [0.1, 0.15) is 10.4 Å². The van der Waals surface area contributed by atoms with E-state index in [1.54, 1.807) is 24.3 Å². The summed E-state index contributed by atoms with van der Waals surface area (Å²) in [5.74, 6) is 1.57. The monoisotopic (exact) mass is 322 g/mol. The molecule has 5 heteroatoms.